The molecule has 30 heavy (non-hydrogen) atoms. The second kappa shape index (κ2) is 8.42. The maximum absolute atomic E-state index is 15.9. The molecule has 1 amide bonds. The molecule has 1 aliphatic carbocycles. The largest absolute Gasteiger partial charge is 0.387 e. The number of hydrogen-bond donors (Lipinski definition) is 2. The Labute approximate surface area is 184 Å². The number of nitrogens with one attached hydrogen (secondary N) is 1. The molecule has 8 heteroatoms. The van der Waals surface area contributed by atoms with E-state index in [0.29, 0.717) is 36.1 Å². The smallest absolute Gasteiger partial charge is 0.262 e. The van der Waals surface area contributed by atoms with E-state index in [-0.39, 0.29) is 30.6 Å². The zero-order chi connectivity index (χ0) is 21.4. The average molecular weight is 453 g/mol. The molecule has 2 aliphatic rings. The lowest BCUT2D eigenvalue weighted by Gasteiger charge is -2.39. The van der Waals surface area contributed by atoms with Crippen molar-refractivity contribution in [1.29, 1.82) is 0 Å². The Balaban J connectivity index is 1.60. The highest BCUT2D eigenvalue weighted by Crippen LogP contribution is 2.43. The third kappa shape index (κ3) is 3.82. The molecular weight excluding hydrogens is 430 g/mol. The zero-order valence-electron chi connectivity index (χ0n) is 16.3. The Morgan fingerprint density at radius 3 is 2.73 bits per heavy atom. The molecule has 0 bridgehead atoms. The van der Waals surface area contributed by atoms with Gasteiger partial charge in [-0.1, -0.05) is 35.3 Å². The second-order valence-corrected chi connectivity index (χ2v) is 8.84. The summed E-state index contributed by atoms with van der Waals surface area (Å²) >= 11 is 12.5. The van der Waals surface area contributed by atoms with Crippen LogP contribution >= 0.6 is 23.2 Å². The predicted octanol–water partition coefficient (Wildman–Crippen LogP) is 4.25. The number of carbonyl (C=O) groups excluding carboxylic acids is 1. The molecule has 2 unspecified atom stereocenters. The molecular formula is C22H23Cl2FN2O3. The van der Waals surface area contributed by atoms with Crippen LogP contribution in [0.4, 0.5) is 4.39 Å². The fourth-order valence-electron chi connectivity index (χ4n) is 4.47. The summed E-state index contributed by atoms with van der Waals surface area (Å²) in [4.78, 5) is 17.2. The number of benzene rings is 1. The summed E-state index contributed by atoms with van der Waals surface area (Å²) in [7, 11) is 0. The molecule has 2 heterocycles. The molecule has 5 nitrogen and oxygen atoms in total. The third-order valence-electron chi connectivity index (χ3n) is 6.24. The van der Waals surface area contributed by atoms with Gasteiger partial charge in [-0.2, -0.15) is 0 Å². The maximum atomic E-state index is 15.9. The van der Waals surface area contributed by atoms with Gasteiger partial charge in [-0.3, -0.25) is 9.78 Å². The molecule has 160 valence electrons. The molecule has 4 rings (SSSR count). The number of hydrogen-bond acceptors (Lipinski definition) is 4. The van der Waals surface area contributed by atoms with Gasteiger partial charge in [0.25, 0.3) is 5.91 Å². The van der Waals surface area contributed by atoms with Crippen molar-refractivity contribution in [2.45, 2.75) is 42.9 Å². The van der Waals surface area contributed by atoms with E-state index in [1.807, 2.05) is 6.07 Å². The van der Waals surface area contributed by atoms with Gasteiger partial charge in [0.05, 0.1) is 11.8 Å². The standard InChI is InChI=1S/C22H23Cl2FN2O3/c23-14-3-4-15(17(24)12-14)21(7-10-30-11-8-21)13-27-20(29)22(25)6-5-18(28)19-16(22)2-1-9-26-19/h1-4,9,12,18,28H,5-8,10-11,13H2,(H,27,29). The van der Waals surface area contributed by atoms with Crippen LogP contribution in [0.25, 0.3) is 0 Å². The molecule has 1 aliphatic heterocycles. The highest BCUT2D eigenvalue weighted by atomic mass is 35.5. The fourth-order valence-corrected chi connectivity index (χ4v) is 5.08. The van der Waals surface area contributed by atoms with Crippen molar-refractivity contribution in [2.24, 2.45) is 0 Å². The summed E-state index contributed by atoms with van der Waals surface area (Å²) in [6.07, 6.45) is 1.94. The maximum Gasteiger partial charge on any atom is 0.262 e. The van der Waals surface area contributed by atoms with Crippen molar-refractivity contribution in [2.75, 3.05) is 19.8 Å². The SMILES string of the molecule is O=C(NCC1(c2ccc(Cl)cc2Cl)CCOCC1)C1(F)CCC(O)c2ncccc21. The van der Waals surface area contributed by atoms with E-state index in [9.17, 15) is 9.90 Å². The quantitative estimate of drug-likeness (QED) is 0.727. The molecule has 2 N–H and O–H groups in total. The number of fused-ring (bicyclic) bond motifs is 1. The zero-order valence-corrected chi connectivity index (χ0v) is 17.8. The molecule has 1 saturated heterocycles. The molecule has 2 atom stereocenters. The Morgan fingerprint density at radius 2 is 2.00 bits per heavy atom. The Hall–Kier alpha value is -1.73. The Morgan fingerprint density at radius 1 is 1.23 bits per heavy atom. The van der Waals surface area contributed by atoms with Gasteiger partial charge in [0.15, 0.2) is 0 Å². The number of alkyl halides is 1. The van der Waals surface area contributed by atoms with Crippen LogP contribution in [0, 0.1) is 0 Å². The molecule has 1 aromatic carbocycles. The van der Waals surface area contributed by atoms with Gasteiger partial charge in [0.1, 0.15) is 0 Å². The van der Waals surface area contributed by atoms with E-state index in [0.717, 1.165) is 5.56 Å². The molecule has 1 aromatic heterocycles. The number of amides is 1. The number of ether oxygens (including phenoxy) is 1. The molecule has 2 aromatic rings. The van der Waals surface area contributed by atoms with Gasteiger partial charge < -0.3 is 15.2 Å². The Kier molecular flexibility index (Phi) is 6.04. The van der Waals surface area contributed by atoms with E-state index in [1.54, 1.807) is 18.2 Å². The highest BCUT2D eigenvalue weighted by molar-refractivity contribution is 6.35. The van der Waals surface area contributed by atoms with E-state index in [4.69, 9.17) is 27.9 Å². The molecule has 0 spiro atoms. The van der Waals surface area contributed by atoms with Crippen molar-refractivity contribution in [3.8, 4) is 0 Å². The first-order valence-electron chi connectivity index (χ1n) is 10.00. The van der Waals surface area contributed by atoms with Crippen LogP contribution in [-0.2, 0) is 20.6 Å². The summed E-state index contributed by atoms with van der Waals surface area (Å²) in [5.41, 5.74) is -1.49. The molecule has 0 radical (unpaired) electrons. The van der Waals surface area contributed by atoms with Crippen LogP contribution in [0.1, 0.15) is 48.6 Å². The van der Waals surface area contributed by atoms with E-state index >= 15 is 4.39 Å². The van der Waals surface area contributed by atoms with Crippen molar-refractivity contribution in [3.05, 3.63) is 63.4 Å². The van der Waals surface area contributed by atoms with E-state index < -0.39 is 23.1 Å². The van der Waals surface area contributed by atoms with Crippen LogP contribution in [0.3, 0.4) is 0 Å². The number of rotatable bonds is 4. The Bertz CT molecular complexity index is 952. The fraction of sp³-hybridized carbons (Fsp3) is 0.455. The normalized spacial score (nSPS) is 25.4. The summed E-state index contributed by atoms with van der Waals surface area (Å²) in [5, 5.41) is 14.0. The highest BCUT2D eigenvalue weighted by Gasteiger charge is 2.47. The summed E-state index contributed by atoms with van der Waals surface area (Å²) in [6, 6.07) is 8.40. The lowest BCUT2D eigenvalue weighted by molar-refractivity contribution is -0.136. The monoisotopic (exact) mass is 452 g/mol. The minimum absolute atomic E-state index is 0.101. The number of carbonyl (C=O) groups is 1. The minimum Gasteiger partial charge on any atom is -0.387 e. The summed E-state index contributed by atoms with van der Waals surface area (Å²) in [5.74, 6) is -0.723. The van der Waals surface area contributed by atoms with Gasteiger partial charge in [-0.15, -0.1) is 0 Å². The van der Waals surface area contributed by atoms with Crippen LogP contribution in [-0.4, -0.2) is 35.8 Å². The second-order valence-electron chi connectivity index (χ2n) is 7.99. The van der Waals surface area contributed by atoms with Crippen LogP contribution in [0.2, 0.25) is 10.0 Å². The van der Waals surface area contributed by atoms with Crippen molar-refractivity contribution in [3.63, 3.8) is 0 Å². The van der Waals surface area contributed by atoms with Gasteiger partial charge in [0, 0.05) is 47.0 Å². The van der Waals surface area contributed by atoms with Gasteiger partial charge in [0.2, 0.25) is 5.67 Å². The average Bonchev–Trinajstić information content (AvgIpc) is 2.75. The van der Waals surface area contributed by atoms with Gasteiger partial charge in [-0.25, -0.2) is 4.39 Å². The van der Waals surface area contributed by atoms with Crippen LogP contribution in [0.15, 0.2) is 36.5 Å². The van der Waals surface area contributed by atoms with Crippen LogP contribution < -0.4 is 5.32 Å². The third-order valence-corrected chi connectivity index (χ3v) is 6.79. The number of aliphatic hydroxyl groups excluding tert-OH is 1. The summed E-state index contributed by atoms with van der Waals surface area (Å²) < 4.78 is 21.4. The van der Waals surface area contributed by atoms with E-state index in [2.05, 4.69) is 10.3 Å². The predicted molar refractivity (Wildman–Crippen MR) is 112 cm³/mol. The number of halogens is 3. The van der Waals surface area contributed by atoms with Crippen LogP contribution in [0.5, 0.6) is 0 Å². The lowest BCUT2D eigenvalue weighted by Crippen LogP contribution is -2.50. The number of pyridine rings is 1. The number of aliphatic hydroxyl groups is 1. The first-order valence-corrected chi connectivity index (χ1v) is 10.8. The molecule has 1 fully saturated rings. The minimum atomic E-state index is -2.24. The van der Waals surface area contributed by atoms with E-state index in [1.165, 1.54) is 12.3 Å². The topological polar surface area (TPSA) is 71.5 Å². The van der Waals surface area contributed by atoms with Crippen molar-refractivity contribution < 1.29 is 19.0 Å². The number of aromatic nitrogens is 1. The number of nitrogens with zero attached hydrogens (tertiary/aromatic N) is 1. The van der Waals surface area contributed by atoms with Crippen molar-refractivity contribution >= 4 is 29.1 Å². The van der Waals surface area contributed by atoms with Crippen molar-refractivity contribution in [1.82, 2.24) is 10.3 Å². The first-order chi connectivity index (χ1) is 14.4. The molecule has 0 saturated carbocycles. The van der Waals surface area contributed by atoms with Gasteiger partial charge >= 0.3 is 0 Å². The first kappa shape index (κ1) is 21.5. The summed E-state index contributed by atoms with van der Waals surface area (Å²) in [6.45, 7) is 1.27. The van der Waals surface area contributed by atoms with Gasteiger partial charge in [-0.05, 0) is 49.4 Å². The lowest BCUT2D eigenvalue weighted by atomic mass is 9.73.